The van der Waals surface area contributed by atoms with Gasteiger partial charge in [-0.1, -0.05) is 12.1 Å². The average molecular weight is 331 g/mol. The molecule has 3 aliphatic rings. The number of piperazine rings is 1. The smallest absolute Gasteiger partial charge is 0.177 e. The Bertz CT molecular complexity index is 943. The molecule has 2 bridgehead atoms. The van der Waals surface area contributed by atoms with E-state index in [1.807, 2.05) is 24.3 Å². The Kier molecular flexibility index (Phi) is 3.18. The number of nitriles is 1. The molecule has 0 aliphatic carbocycles. The van der Waals surface area contributed by atoms with E-state index in [-0.39, 0.29) is 0 Å². The van der Waals surface area contributed by atoms with Gasteiger partial charge in [0.1, 0.15) is 12.1 Å². The van der Waals surface area contributed by atoms with Crippen molar-refractivity contribution in [1.82, 2.24) is 24.7 Å². The molecule has 1 aromatic carbocycles. The van der Waals surface area contributed by atoms with Crippen LogP contribution in [0, 0.1) is 11.3 Å². The van der Waals surface area contributed by atoms with Crippen LogP contribution >= 0.6 is 0 Å². The molecule has 3 fully saturated rings. The molecule has 0 saturated carbocycles. The minimum absolute atomic E-state index is 0.563. The van der Waals surface area contributed by atoms with Crippen molar-refractivity contribution >= 4 is 11.5 Å². The molecular weight excluding hydrogens is 314 g/mol. The maximum Gasteiger partial charge on any atom is 0.177 e. The number of aromatic nitrogens is 4. The molecule has 25 heavy (non-hydrogen) atoms. The van der Waals surface area contributed by atoms with Crippen molar-refractivity contribution in [2.45, 2.75) is 25.0 Å². The van der Waals surface area contributed by atoms with Gasteiger partial charge in [-0.2, -0.15) is 9.78 Å². The van der Waals surface area contributed by atoms with Crippen molar-refractivity contribution in [3.63, 3.8) is 0 Å². The first kappa shape index (κ1) is 14.4. The number of nitrogens with zero attached hydrogens (tertiary/aromatic N) is 7. The average Bonchev–Trinajstić information content (AvgIpc) is 3.14. The van der Waals surface area contributed by atoms with Crippen LogP contribution < -0.4 is 4.90 Å². The van der Waals surface area contributed by atoms with Gasteiger partial charge in [0.15, 0.2) is 5.65 Å². The third-order valence-electron chi connectivity index (χ3n) is 5.26. The second-order valence-corrected chi connectivity index (χ2v) is 6.75. The Morgan fingerprint density at radius 2 is 1.88 bits per heavy atom. The number of hydrogen-bond acceptors (Lipinski definition) is 6. The van der Waals surface area contributed by atoms with Gasteiger partial charge < -0.3 is 4.90 Å². The van der Waals surface area contributed by atoms with E-state index in [2.05, 4.69) is 43.3 Å². The van der Waals surface area contributed by atoms with Crippen molar-refractivity contribution in [2.24, 2.45) is 0 Å². The van der Waals surface area contributed by atoms with E-state index < -0.39 is 0 Å². The van der Waals surface area contributed by atoms with Crippen LogP contribution in [0.3, 0.4) is 0 Å². The maximum absolute atomic E-state index is 8.91. The summed E-state index contributed by atoms with van der Waals surface area (Å²) in [5, 5.41) is 21.4. The minimum Gasteiger partial charge on any atom is -0.352 e. The van der Waals surface area contributed by atoms with E-state index in [1.54, 1.807) is 10.8 Å². The van der Waals surface area contributed by atoms with Crippen LogP contribution in [0.5, 0.6) is 0 Å². The largest absolute Gasteiger partial charge is 0.352 e. The van der Waals surface area contributed by atoms with Crippen LogP contribution in [0.1, 0.15) is 17.5 Å². The third kappa shape index (κ3) is 2.42. The van der Waals surface area contributed by atoms with Crippen LogP contribution in [0.15, 0.2) is 42.7 Å². The second-order valence-electron chi connectivity index (χ2n) is 6.75. The zero-order chi connectivity index (χ0) is 16.8. The number of rotatable bonds is 3. The van der Waals surface area contributed by atoms with Crippen molar-refractivity contribution in [1.29, 1.82) is 5.26 Å². The van der Waals surface area contributed by atoms with E-state index in [1.165, 1.54) is 12.0 Å². The molecule has 2 aromatic heterocycles. The van der Waals surface area contributed by atoms with Gasteiger partial charge in [-0.05, 0) is 36.2 Å². The molecule has 5 heterocycles. The normalized spacial score (nSPS) is 22.6. The monoisotopic (exact) mass is 331 g/mol. The van der Waals surface area contributed by atoms with Gasteiger partial charge in [0.05, 0.1) is 11.6 Å². The van der Waals surface area contributed by atoms with Gasteiger partial charge in [-0.15, -0.1) is 15.3 Å². The van der Waals surface area contributed by atoms with Gasteiger partial charge in [0, 0.05) is 31.7 Å². The van der Waals surface area contributed by atoms with E-state index >= 15 is 0 Å². The number of anilines is 1. The van der Waals surface area contributed by atoms with E-state index in [0.29, 0.717) is 17.6 Å². The van der Waals surface area contributed by atoms with Gasteiger partial charge in [0.25, 0.3) is 0 Å². The summed E-state index contributed by atoms with van der Waals surface area (Å²) in [7, 11) is 0. The first-order valence-corrected chi connectivity index (χ1v) is 8.47. The van der Waals surface area contributed by atoms with Crippen molar-refractivity contribution in [3.05, 3.63) is 53.9 Å². The summed E-state index contributed by atoms with van der Waals surface area (Å²) in [5.74, 6) is 0.986. The van der Waals surface area contributed by atoms with Crippen molar-refractivity contribution in [2.75, 3.05) is 18.0 Å². The molecule has 2 atom stereocenters. The fourth-order valence-corrected chi connectivity index (χ4v) is 3.91. The van der Waals surface area contributed by atoms with Crippen LogP contribution in [-0.4, -0.2) is 49.9 Å². The number of fused-ring (bicyclic) bond motifs is 3. The van der Waals surface area contributed by atoms with Crippen molar-refractivity contribution < 1.29 is 0 Å². The topological polar surface area (TPSA) is 73.4 Å². The summed E-state index contributed by atoms with van der Waals surface area (Å²) in [6, 6.07) is 15.2. The molecule has 3 aliphatic heterocycles. The summed E-state index contributed by atoms with van der Waals surface area (Å²) in [5.41, 5.74) is 2.76. The summed E-state index contributed by atoms with van der Waals surface area (Å²) in [6.07, 6.45) is 2.89. The molecular formula is C18H17N7. The SMILES string of the molecule is N#Cc1ccc(CN2C3CC2CN(c2ccc4nncn4n2)C3)cc1. The number of benzene rings is 1. The molecule has 3 aromatic rings. The predicted molar refractivity (Wildman–Crippen MR) is 91.9 cm³/mol. The standard InChI is InChI=1S/C18H17N7/c19-8-13-1-3-14(4-2-13)9-24-15-7-16(24)11-23(10-15)18-6-5-17-21-20-12-25(17)22-18/h1-6,12,15-16H,7,9-11H2. The molecule has 0 amide bonds. The highest BCUT2D eigenvalue weighted by atomic mass is 15.4. The molecule has 0 N–H and O–H groups in total. The highest BCUT2D eigenvalue weighted by Crippen LogP contribution is 2.35. The third-order valence-corrected chi connectivity index (χ3v) is 5.26. The molecule has 7 heteroatoms. The summed E-state index contributed by atoms with van der Waals surface area (Å²) < 4.78 is 1.73. The molecule has 0 spiro atoms. The van der Waals surface area contributed by atoms with E-state index in [0.717, 1.165) is 31.1 Å². The molecule has 6 rings (SSSR count). The Morgan fingerprint density at radius 1 is 1.08 bits per heavy atom. The summed E-state index contributed by atoms with van der Waals surface area (Å²) >= 11 is 0. The lowest BCUT2D eigenvalue weighted by atomic mass is 9.86. The zero-order valence-electron chi connectivity index (χ0n) is 13.7. The van der Waals surface area contributed by atoms with Gasteiger partial charge in [0.2, 0.25) is 0 Å². The fourth-order valence-electron chi connectivity index (χ4n) is 3.91. The fraction of sp³-hybridized carbons (Fsp3) is 0.333. The number of hydrogen-bond donors (Lipinski definition) is 0. The zero-order valence-corrected chi connectivity index (χ0v) is 13.7. The Balaban J connectivity index is 1.29. The first-order chi connectivity index (χ1) is 12.3. The highest BCUT2D eigenvalue weighted by molar-refractivity contribution is 5.46. The van der Waals surface area contributed by atoms with Gasteiger partial charge in [-0.25, -0.2) is 0 Å². The van der Waals surface area contributed by atoms with Crippen LogP contribution in [-0.2, 0) is 6.54 Å². The molecule has 3 saturated heterocycles. The highest BCUT2D eigenvalue weighted by Gasteiger charge is 2.44. The molecule has 124 valence electrons. The summed E-state index contributed by atoms with van der Waals surface area (Å²) in [4.78, 5) is 4.92. The maximum atomic E-state index is 8.91. The molecule has 7 nitrogen and oxygen atoms in total. The van der Waals surface area contributed by atoms with Crippen LogP contribution in [0.4, 0.5) is 5.82 Å². The van der Waals surface area contributed by atoms with Crippen LogP contribution in [0.2, 0.25) is 0 Å². The van der Waals surface area contributed by atoms with E-state index in [9.17, 15) is 0 Å². The van der Waals surface area contributed by atoms with Gasteiger partial charge >= 0.3 is 0 Å². The van der Waals surface area contributed by atoms with Crippen molar-refractivity contribution in [3.8, 4) is 6.07 Å². The minimum atomic E-state index is 0.563. The number of piperidine rings is 1. The quantitative estimate of drug-likeness (QED) is 0.723. The van der Waals surface area contributed by atoms with Crippen LogP contribution in [0.25, 0.3) is 5.65 Å². The lowest BCUT2D eigenvalue weighted by molar-refractivity contribution is -0.00874. The lowest BCUT2D eigenvalue weighted by Gasteiger charge is -2.56. The Labute approximate surface area is 145 Å². The lowest BCUT2D eigenvalue weighted by Crippen LogP contribution is -2.68. The first-order valence-electron chi connectivity index (χ1n) is 8.47. The Hall–Kier alpha value is -2.98. The molecule has 2 unspecified atom stereocenters. The Morgan fingerprint density at radius 3 is 2.64 bits per heavy atom. The molecule has 0 radical (unpaired) electrons. The second kappa shape index (κ2) is 5.53. The summed E-state index contributed by atoms with van der Waals surface area (Å²) in [6.45, 7) is 2.94. The predicted octanol–water partition coefficient (Wildman–Crippen LogP) is 1.46. The van der Waals surface area contributed by atoms with Gasteiger partial charge in [-0.3, -0.25) is 4.90 Å². The van der Waals surface area contributed by atoms with E-state index in [4.69, 9.17) is 5.26 Å².